The van der Waals surface area contributed by atoms with E-state index in [1.54, 1.807) is 0 Å². The molecule has 2 unspecified atom stereocenters. The smallest absolute Gasteiger partial charge is 0.193 e. The maximum Gasteiger partial charge on any atom is 0.193 e. The van der Waals surface area contributed by atoms with Gasteiger partial charge in [0.25, 0.3) is 0 Å². The Morgan fingerprint density at radius 1 is 0.962 bits per heavy atom. The Labute approximate surface area is 163 Å². The molecule has 4 heteroatoms. The molecule has 0 radical (unpaired) electrons. The molecule has 0 bridgehead atoms. The van der Waals surface area contributed by atoms with E-state index in [2.05, 4.69) is 21.2 Å². The number of ether oxygens (including phenoxy) is 1. The summed E-state index contributed by atoms with van der Waals surface area (Å²) in [5.41, 5.74) is 1.38. The summed E-state index contributed by atoms with van der Waals surface area (Å²) in [6.45, 7) is 3.10. The van der Waals surface area contributed by atoms with Crippen LogP contribution in [-0.4, -0.2) is 25.5 Å². The fourth-order valence-electron chi connectivity index (χ4n) is 3.23. The monoisotopic (exact) mass is 413 g/mol. The summed E-state index contributed by atoms with van der Waals surface area (Å²) in [7, 11) is 0. The maximum absolute atomic E-state index is 12.5. The number of hydrogen-bond acceptors (Lipinski definition) is 3. The summed E-state index contributed by atoms with van der Waals surface area (Å²) in [4.78, 5) is 12.5. The molecule has 3 nitrogen and oxygen atoms in total. The van der Waals surface area contributed by atoms with Gasteiger partial charge in [-0.05, 0) is 98.6 Å². The van der Waals surface area contributed by atoms with Crippen LogP contribution in [0.25, 0.3) is 0 Å². The minimum Gasteiger partial charge on any atom is -0.493 e. The number of benzene rings is 2. The van der Waals surface area contributed by atoms with Gasteiger partial charge in [-0.1, -0.05) is 15.9 Å². The van der Waals surface area contributed by atoms with Crippen molar-refractivity contribution in [2.24, 2.45) is 17.8 Å². The zero-order chi connectivity index (χ0) is 17.9. The highest BCUT2D eigenvalue weighted by Crippen LogP contribution is 2.38. The zero-order valence-corrected chi connectivity index (χ0v) is 16.4. The third kappa shape index (κ3) is 4.74. The van der Waals surface area contributed by atoms with Gasteiger partial charge in [0.15, 0.2) is 5.78 Å². The van der Waals surface area contributed by atoms with Crippen molar-refractivity contribution in [1.29, 1.82) is 0 Å². The van der Waals surface area contributed by atoms with Crippen LogP contribution in [0.5, 0.6) is 5.75 Å². The van der Waals surface area contributed by atoms with Crippen molar-refractivity contribution in [2.45, 2.75) is 19.3 Å². The van der Waals surface area contributed by atoms with E-state index < -0.39 is 0 Å². The number of halogens is 1. The Kier molecular flexibility index (Phi) is 5.41. The Bertz CT molecular complexity index is 753. The first-order chi connectivity index (χ1) is 12.7. The largest absolute Gasteiger partial charge is 0.493 e. The lowest BCUT2D eigenvalue weighted by atomic mass is 10.0. The molecule has 1 N–H and O–H groups in total. The van der Waals surface area contributed by atoms with Gasteiger partial charge in [-0.3, -0.25) is 4.79 Å². The normalized spacial score (nSPS) is 21.4. The Morgan fingerprint density at radius 3 is 2.27 bits per heavy atom. The van der Waals surface area contributed by atoms with E-state index in [4.69, 9.17) is 4.74 Å². The van der Waals surface area contributed by atoms with E-state index in [1.807, 2.05) is 48.5 Å². The van der Waals surface area contributed by atoms with Crippen LogP contribution >= 0.6 is 15.9 Å². The SMILES string of the molecule is O=C(c1ccc(Br)cc1)c1ccc(OCC2CC2CNCC2CC2)cc1. The fraction of sp³-hybridized carbons (Fsp3) is 0.409. The molecule has 0 aromatic heterocycles. The molecular weight excluding hydrogens is 390 g/mol. The van der Waals surface area contributed by atoms with Gasteiger partial charge < -0.3 is 10.1 Å². The molecule has 2 aromatic carbocycles. The fourth-order valence-corrected chi connectivity index (χ4v) is 3.50. The second-order valence-electron chi connectivity index (χ2n) is 7.53. The third-order valence-corrected chi connectivity index (χ3v) is 5.82. The zero-order valence-electron chi connectivity index (χ0n) is 14.8. The van der Waals surface area contributed by atoms with Crippen LogP contribution in [0.2, 0.25) is 0 Å². The minimum atomic E-state index is 0.0352. The summed E-state index contributed by atoms with van der Waals surface area (Å²) >= 11 is 3.39. The van der Waals surface area contributed by atoms with Crippen LogP contribution in [-0.2, 0) is 0 Å². The van der Waals surface area contributed by atoms with Crippen molar-refractivity contribution in [2.75, 3.05) is 19.7 Å². The van der Waals surface area contributed by atoms with E-state index in [-0.39, 0.29) is 5.78 Å². The third-order valence-electron chi connectivity index (χ3n) is 5.29. The van der Waals surface area contributed by atoms with E-state index in [9.17, 15) is 4.79 Å². The first kappa shape index (κ1) is 17.7. The summed E-state index contributed by atoms with van der Waals surface area (Å²) in [6.07, 6.45) is 4.08. The number of rotatable bonds is 9. The summed E-state index contributed by atoms with van der Waals surface area (Å²) in [5.74, 6) is 3.27. The molecule has 0 spiro atoms. The van der Waals surface area contributed by atoms with Crippen molar-refractivity contribution in [3.8, 4) is 5.75 Å². The molecule has 2 saturated carbocycles. The van der Waals surface area contributed by atoms with E-state index >= 15 is 0 Å². The first-order valence-electron chi connectivity index (χ1n) is 9.43. The van der Waals surface area contributed by atoms with E-state index in [0.29, 0.717) is 17.0 Å². The standard InChI is InChI=1S/C22H24BrNO2/c23-20-7-3-16(4-8-20)22(25)17-5-9-21(10-6-17)26-14-19-11-18(19)13-24-12-15-1-2-15/h3-10,15,18-19,24H,1-2,11-14H2. The summed E-state index contributed by atoms with van der Waals surface area (Å²) in [5, 5.41) is 3.58. The van der Waals surface area contributed by atoms with Crippen molar-refractivity contribution >= 4 is 21.7 Å². The molecular formula is C22H24BrNO2. The van der Waals surface area contributed by atoms with E-state index in [1.165, 1.54) is 25.8 Å². The van der Waals surface area contributed by atoms with Gasteiger partial charge in [0.2, 0.25) is 0 Å². The van der Waals surface area contributed by atoms with Gasteiger partial charge >= 0.3 is 0 Å². The van der Waals surface area contributed by atoms with Crippen LogP contribution < -0.4 is 10.1 Å². The first-order valence-corrected chi connectivity index (χ1v) is 10.2. The second kappa shape index (κ2) is 7.93. The van der Waals surface area contributed by atoms with Gasteiger partial charge in [0.1, 0.15) is 5.75 Å². The highest BCUT2D eigenvalue weighted by atomic mass is 79.9. The molecule has 2 aliphatic rings. The molecule has 2 aliphatic carbocycles. The van der Waals surface area contributed by atoms with Crippen LogP contribution in [0.3, 0.4) is 0 Å². The van der Waals surface area contributed by atoms with Gasteiger partial charge in [-0.15, -0.1) is 0 Å². The number of carbonyl (C=O) groups is 1. The average molecular weight is 414 g/mol. The predicted octanol–water partition coefficient (Wildman–Crippen LogP) is 4.69. The Balaban J connectivity index is 1.23. The Hall–Kier alpha value is -1.65. The van der Waals surface area contributed by atoms with Crippen molar-refractivity contribution < 1.29 is 9.53 Å². The van der Waals surface area contributed by atoms with Crippen LogP contribution in [0.1, 0.15) is 35.2 Å². The van der Waals surface area contributed by atoms with Crippen LogP contribution in [0.15, 0.2) is 53.0 Å². The van der Waals surface area contributed by atoms with Gasteiger partial charge in [0, 0.05) is 15.6 Å². The van der Waals surface area contributed by atoms with Crippen molar-refractivity contribution in [1.82, 2.24) is 5.32 Å². The molecule has 2 fully saturated rings. The average Bonchev–Trinajstić information content (AvgIpc) is 3.58. The lowest BCUT2D eigenvalue weighted by Gasteiger charge is -2.08. The Morgan fingerprint density at radius 2 is 1.62 bits per heavy atom. The molecule has 4 rings (SSSR count). The quantitative estimate of drug-likeness (QED) is 0.605. The van der Waals surface area contributed by atoms with Gasteiger partial charge in [-0.25, -0.2) is 0 Å². The minimum absolute atomic E-state index is 0.0352. The molecule has 136 valence electrons. The van der Waals surface area contributed by atoms with Gasteiger partial charge in [-0.2, -0.15) is 0 Å². The summed E-state index contributed by atoms with van der Waals surface area (Å²) < 4.78 is 6.88. The molecule has 0 saturated heterocycles. The van der Waals surface area contributed by atoms with Gasteiger partial charge in [0.05, 0.1) is 6.61 Å². The van der Waals surface area contributed by atoms with Crippen molar-refractivity contribution in [3.05, 3.63) is 64.1 Å². The molecule has 2 aromatic rings. The molecule has 2 atom stereocenters. The molecule has 26 heavy (non-hydrogen) atoms. The number of ketones is 1. The number of carbonyl (C=O) groups excluding carboxylic acids is 1. The number of nitrogens with one attached hydrogen (secondary N) is 1. The van der Waals surface area contributed by atoms with Crippen LogP contribution in [0, 0.1) is 17.8 Å². The number of hydrogen-bond donors (Lipinski definition) is 1. The van der Waals surface area contributed by atoms with E-state index in [0.717, 1.165) is 35.2 Å². The maximum atomic E-state index is 12.5. The highest BCUT2D eigenvalue weighted by molar-refractivity contribution is 9.10. The lowest BCUT2D eigenvalue weighted by molar-refractivity contribution is 0.103. The molecule has 0 amide bonds. The van der Waals surface area contributed by atoms with Crippen molar-refractivity contribution in [3.63, 3.8) is 0 Å². The second-order valence-corrected chi connectivity index (χ2v) is 8.44. The predicted molar refractivity (Wildman–Crippen MR) is 107 cm³/mol. The summed E-state index contributed by atoms with van der Waals surface area (Å²) in [6, 6.07) is 14.9. The lowest BCUT2D eigenvalue weighted by Crippen LogP contribution is -2.20. The molecule has 0 heterocycles. The molecule has 0 aliphatic heterocycles. The topological polar surface area (TPSA) is 38.3 Å². The van der Waals surface area contributed by atoms with Crippen LogP contribution in [0.4, 0.5) is 0 Å². The highest BCUT2D eigenvalue weighted by Gasteiger charge is 2.37.